The lowest BCUT2D eigenvalue weighted by Gasteiger charge is -2.20. The zero-order chi connectivity index (χ0) is 23.1. The van der Waals surface area contributed by atoms with E-state index in [4.69, 9.17) is 4.74 Å². The minimum atomic E-state index is -0.256. The van der Waals surface area contributed by atoms with Crippen molar-refractivity contribution in [1.82, 2.24) is 14.8 Å². The number of hydrogen-bond acceptors (Lipinski definition) is 5. The molecule has 0 aliphatic heterocycles. The van der Waals surface area contributed by atoms with E-state index in [9.17, 15) is 4.79 Å². The number of carbonyl (C=O) groups is 1. The van der Waals surface area contributed by atoms with Gasteiger partial charge in [0.25, 0.3) is 0 Å². The summed E-state index contributed by atoms with van der Waals surface area (Å²) in [5, 5.41) is 9.44. The van der Waals surface area contributed by atoms with Crippen molar-refractivity contribution < 1.29 is 9.53 Å². The molecular weight excluding hydrogens is 420 g/mol. The Morgan fingerprint density at radius 1 is 1.03 bits per heavy atom. The highest BCUT2D eigenvalue weighted by molar-refractivity contribution is 7.99. The van der Waals surface area contributed by atoms with Crippen molar-refractivity contribution in [2.24, 2.45) is 0 Å². The smallest absolute Gasteiger partial charge is 0.237 e. The van der Waals surface area contributed by atoms with E-state index in [2.05, 4.69) is 36.2 Å². The van der Waals surface area contributed by atoms with Crippen molar-refractivity contribution in [3.63, 3.8) is 0 Å². The van der Waals surface area contributed by atoms with Gasteiger partial charge in [-0.15, -0.1) is 10.2 Å². The Labute approximate surface area is 195 Å². The molecule has 0 radical (unpaired) electrons. The standard InChI is InChI=1S/C25H32N4O2S/c1-6-28(21-11-9-8-10-12-21)23(30)17-32-25-27-26-24(29(25)7-2)19(5)31-22-15-13-20(14-16-22)18(3)4/h8-16,18-19H,6-7,17H2,1-5H3. The van der Waals surface area contributed by atoms with Gasteiger partial charge in [0.1, 0.15) is 5.75 Å². The van der Waals surface area contributed by atoms with Gasteiger partial charge in [0.05, 0.1) is 5.75 Å². The first-order chi connectivity index (χ1) is 15.4. The summed E-state index contributed by atoms with van der Waals surface area (Å²) in [6, 6.07) is 17.9. The summed E-state index contributed by atoms with van der Waals surface area (Å²) in [6.07, 6.45) is -0.256. The molecule has 0 spiro atoms. The van der Waals surface area contributed by atoms with Crippen molar-refractivity contribution in [3.8, 4) is 5.75 Å². The number of hydrogen-bond donors (Lipinski definition) is 0. The van der Waals surface area contributed by atoms with Crippen LogP contribution in [0.15, 0.2) is 59.8 Å². The zero-order valence-electron chi connectivity index (χ0n) is 19.5. The number of carbonyl (C=O) groups excluding carboxylic acids is 1. The topological polar surface area (TPSA) is 60.3 Å². The molecule has 0 saturated heterocycles. The zero-order valence-corrected chi connectivity index (χ0v) is 20.3. The summed E-state index contributed by atoms with van der Waals surface area (Å²) < 4.78 is 8.14. The Morgan fingerprint density at radius 2 is 1.72 bits per heavy atom. The highest BCUT2D eigenvalue weighted by atomic mass is 32.2. The molecule has 0 saturated carbocycles. The number of rotatable bonds is 10. The van der Waals surface area contributed by atoms with Gasteiger partial charge < -0.3 is 14.2 Å². The maximum atomic E-state index is 12.8. The molecule has 1 amide bonds. The fourth-order valence-corrected chi connectivity index (χ4v) is 4.39. The van der Waals surface area contributed by atoms with Gasteiger partial charge >= 0.3 is 0 Å². The Morgan fingerprint density at radius 3 is 2.31 bits per heavy atom. The summed E-state index contributed by atoms with van der Waals surface area (Å²) in [5.41, 5.74) is 2.19. The predicted octanol–water partition coefficient (Wildman–Crippen LogP) is 5.71. The first-order valence-corrected chi connectivity index (χ1v) is 12.1. The van der Waals surface area contributed by atoms with Crippen molar-refractivity contribution in [1.29, 1.82) is 0 Å². The van der Waals surface area contributed by atoms with Crippen LogP contribution in [0, 0.1) is 0 Å². The molecule has 2 aromatic carbocycles. The third-order valence-corrected chi connectivity index (χ3v) is 6.25. The average molecular weight is 453 g/mol. The molecule has 1 aromatic heterocycles. The second-order valence-corrected chi connectivity index (χ2v) is 8.77. The quantitative estimate of drug-likeness (QED) is 0.369. The van der Waals surface area contributed by atoms with E-state index >= 15 is 0 Å². The summed E-state index contributed by atoms with van der Waals surface area (Å²) in [6.45, 7) is 11.7. The van der Waals surface area contributed by atoms with Crippen molar-refractivity contribution in [2.75, 3.05) is 17.2 Å². The van der Waals surface area contributed by atoms with Gasteiger partial charge in [-0.2, -0.15) is 0 Å². The maximum absolute atomic E-state index is 12.8. The minimum Gasteiger partial charge on any atom is -0.483 e. The minimum absolute atomic E-state index is 0.0467. The normalized spacial score (nSPS) is 12.1. The first kappa shape index (κ1) is 23.9. The second kappa shape index (κ2) is 11.2. The van der Waals surface area contributed by atoms with Crippen LogP contribution in [-0.4, -0.2) is 33.0 Å². The highest BCUT2D eigenvalue weighted by Crippen LogP contribution is 2.26. The molecular formula is C25H32N4O2S. The first-order valence-electron chi connectivity index (χ1n) is 11.1. The number of aromatic nitrogens is 3. The van der Waals surface area contributed by atoms with Gasteiger partial charge in [0, 0.05) is 18.8 Å². The SMILES string of the molecule is CCN(C(=O)CSc1nnc(C(C)Oc2ccc(C(C)C)cc2)n1CC)c1ccccc1. The number of anilines is 1. The largest absolute Gasteiger partial charge is 0.483 e. The molecule has 1 atom stereocenters. The average Bonchev–Trinajstić information content (AvgIpc) is 3.22. The van der Waals surface area contributed by atoms with Gasteiger partial charge in [-0.1, -0.05) is 55.9 Å². The Bertz CT molecular complexity index is 1000. The number of para-hydroxylation sites is 1. The lowest BCUT2D eigenvalue weighted by molar-refractivity contribution is -0.116. The summed E-state index contributed by atoms with van der Waals surface area (Å²) in [5.74, 6) is 2.39. The number of nitrogens with zero attached hydrogens (tertiary/aromatic N) is 4. The van der Waals surface area contributed by atoms with E-state index in [1.54, 1.807) is 4.90 Å². The van der Waals surface area contributed by atoms with Crippen molar-refractivity contribution >= 4 is 23.4 Å². The van der Waals surface area contributed by atoms with E-state index in [0.717, 1.165) is 22.4 Å². The maximum Gasteiger partial charge on any atom is 0.237 e. The molecule has 3 aromatic rings. The Hall–Kier alpha value is -2.80. The molecule has 0 fully saturated rings. The molecule has 170 valence electrons. The lowest BCUT2D eigenvalue weighted by Crippen LogP contribution is -2.32. The van der Waals surface area contributed by atoms with E-state index in [1.807, 2.05) is 67.8 Å². The van der Waals surface area contributed by atoms with Crippen LogP contribution in [0.25, 0.3) is 0 Å². The number of thioether (sulfide) groups is 1. The highest BCUT2D eigenvalue weighted by Gasteiger charge is 2.21. The number of amides is 1. The van der Waals surface area contributed by atoms with Gasteiger partial charge in [0.15, 0.2) is 17.1 Å². The van der Waals surface area contributed by atoms with Crippen LogP contribution in [0.4, 0.5) is 5.69 Å². The van der Waals surface area contributed by atoms with Gasteiger partial charge in [-0.25, -0.2) is 0 Å². The van der Waals surface area contributed by atoms with Gasteiger partial charge in [-0.3, -0.25) is 4.79 Å². The molecule has 0 aliphatic carbocycles. The third-order valence-electron chi connectivity index (χ3n) is 5.29. The fraction of sp³-hybridized carbons (Fsp3) is 0.400. The van der Waals surface area contributed by atoms with E-state index in [-0.39, 0.29) is 12.0 Å². The molecule has 0 aliphatic rings. The molecule has 1 heterocycles. The number of benzene rings is 2. The molecule has 0 bridgehead atoms. The Kier molecular flexibility index (Phi) is 8.33. The van der Waals surface area contributed by atoms with E-state index < -0.39 is 0 Å². The second-order valence-electron chi connectivity index (χ2n) is 7.83. The van der Waals surface area contributed by atoms with E-state index in [1.165, 1.54) is 17.3 Å². The van der Waals surface area contributed by atoms with Crippen LogP contribution in [-0.2, 0) is 11.3 Å². The molecule has 32 heavy (non-hydrogen) atoms. The van der Waals surface area contributed by atoms with Crippen LogP contribution >= 0.6 is 11.8 Å². The molecule has 3 rings (SSSR count). The summed E-state index contributed by atoms with van der Waals surface area (Å²) in [4.78, 5) is 14.6. The van der Waals surface area contributed by atoms with Gasteiger partial charge in [0.2, 0.25) is 5.91 Å². The van der Waals surface area contributed by atoms with Crippen LogP contribution in [0.5, 0.6) is 5.75 Å². The van der Waals surface area contributed by atoms with Crippen LogP contribution in [0.1, 0.15) is 58.0 Å². The molecule has 0 N–H and O–H groups in total. The predicted molar refractivity (Wildman–Crippen MR) is 130 cm³/mol. The fourth-order valence-electron chi connectivity index (χ4n) is 3.51. The van der Waals surface area contributed by atoms with Crippen LogP contribution in [0.2, 0.25) is 0 Å². The summed E-state index contributed by atoms with van der Waals surface area (Å²) >= 11 is 1.41. The Balaban J connectivity index is 1.66. The number of ether oxygens (including phenoxy) is 1. The van der Waals surface area contributed by atoms with Gasteiger partial charge in [-0.05, 0) is 56.5 Å². The molecule has 6 nitrogen and oxygen atoms in total. The monoisotopic (exact) mass is 452 g/mol. The van der Waals surface area contributed by atoms with E-state index in [0.29, 0.717) is 24.8 Å². The van der Waals surface area contributed by atoms with Crippen molar-refractivity contribution in [3.05, 3.63) is 66.0 Å². The van der Waals surface area contributed by atoms with Crippen molar-refractivity contribution in [2.45, 2.75) is 58.3 Å². The third kappa shape index (κ3) is 5.71. The summed E-state index contributed by atoms with van der Waals surface area (Å²) in [7, 11) is 0. The lowest BCUT2D eigenvalue weighted by atomic mass is 10.0. The van der Waals surface area contributed by atoms with Crippen LogP contribution in [0.3, 0.4) is 0 Å². The molecule has 1 unspecified atom stereocenters. The molecule has 7 heteroatoms. The van der Waals surface area contributed by atoms with Crippen LogP contribution < -0.4 is 9.64 Å².